The minimum Gasteiger partial charge on any atom is -0.381 e. The lowest BCUT2D eigenvalue weighted by atomic mass is 9.81. The number of halogens is 1. The highest BCUT2D eigenvalue weighted by Crippen LogP contribution is 2.35. The molecule has 0 aromatic heterocycles. The smallest absolute Gasteiger partial charge is 0.0537 e. The average Bonchev–Trinajstić information content (AvgIpc) is 2.88. The van der Waals surface area contributed by atoms with E-state index in [0.29, 0.717) is 5.88 Å². The van der Waals surface area contributed by atoms with Crippen molar-refractivity contribution in [2.24, 2.45) is 5.41 Å². The lowest BCUT2D eigenvalue weighted by molar-refractivity contribution is 0.161. The first-order chi connectivity index (χ1) is 8.83. The van der Waals surface area contributed by atoms with Crippen LogP contribution in [0.4, 0.5) is 0 Å². The first-order valence-corrected chi connectivity index (χ1v) is 6.97. The van der Waals surface area contributed by atoms with Crippen molar-refractivity contribution < 1.29 is 4.74 Å². The van der Waals surface area contributed by atoms with Crippen LogP contribution in [0.1, 0.15) is 12.0 Å². The molecule has 0 N–H and O–H groups in total. The Morgan fingerprint density at radius 1 is 1.11 bits per heavy atom. The number of fused-ring (bicyclic) bond motifs is 1. The highest BCUT2D eigenvalue weighted by atomic mass is 35.5. The molecule has 0 aliphatic carbocycles. The third-order valence-electron chi connectivity index (χ3n) is 3.91. The zero-order valence-corrected chi connectivity index (χ0v) is 11.1. The van der Waals surface area contributed by atoms with Crippen LogP contribution in [0.15, 0.2) is 42.5 Å². The molecule has 1 atom stereocenters. The van der Waals surface area contributed by atoms with Crippen molar-refractivity contribution in [2.45, 2.75) is 12.8 Å². The van der Waals surface area contributed by atoms with Crippen LogP contribution in [-0.2, 0) is 11.2 Å². The molecule has 1 aliphatic heterocycles. The summed E-state index contributed by atoms with van der Waals surface area (Å²) in [7, 11) is 0. The summed E-state index contributed by atoms with van der Waals surface area (Å²) < 4.78 is 5.55. The predicted molar refractivity (Wildman–Crippen MR) is 76.2 cm³/mol. The molecule has 0 radical (unpaired) electrons. The first kappa shape index (κ1) is 12.0. The molecule has 18 heavy (non-hydrogen) atoms. The molecule has 1 unspecified atom stereocenters. The zero-order chi connectivity index (χ0) is 12.4. The number of rotatable bonds is 3. The number of hydrogen-bond acceptors (Lipinski definition) is 1. The van der Waals surface area contributed by atoms with E-state index in [0.717, 1.165) is 26.1 Å². The van der Waals surface area contributed by atoms with Gasteiger partial charge in [0.25, 0.3) is 0 Å². The largest absolute Gasteiger partial charge is 0.381 e. The van der Waals surface area contributed by atoms with Crippen LogP contribution >= 0.6 is 11.6 Å². The average molecular weight is 261 g/mol. The fourth-order valence-corrected chi connectivity index (χ4v) is 3.10. The number of ether oxygens (including phenoxy) is 1. The molecule has 2 aromatic rings. The minimum atomic E-state index is 0.131. The second kappa shape index (κ2) is 4.91. The molecule has 3 rings (SSSR count). The summed E-state index contributed by atoms with van der Waals surface area (Å²) in [6.45, 7) is 1.64. The van der Waals surface area contributed by atoms with E-state index >= 15 is 0 Å². The van der Waals surface area contributed by atoms with Gasteiger partial charge in [0.05, 0.1) is 6.61 Å². The summed E-state index contributed by atoms with van der Waals surface area (Å²) in [5.41, 5.74) is 1.52. The van der Waals surface area contributed by atoms with Crippen molar-refractivity contribution in [1.29, 1.82) is 0 Å². The van der Waals surface area contributed by atoms with Crippen LogP contribution in [0.2, 0.25) is 0 Å². The number of alkyl halides is 1. The van der Waals surface area contributed by atoms with Crippen molar-refractivity contribution >= 4 is 22.4 Å². The second-order valence-electron chi connectivity index (χ2n) is 5.25. The third kappa shape index (κ3) is 2.13. The van der Waals surface area contributed by atoms with Crippen LogP contribution < -0.4 is 0 Å². The Kier molecular flexibility index (Phi) is 3.27. The van der Waals surface area contributed by atoms with E-state index < -0.39 is 0 Å². The normalized spacial score (nSPS) is 23.6. The minimum absolute atomic E-state index is 0.131. The van der Waals surface area contributed by atoms with Gasteiger partial charge in [-0.15, -0.1) is 11.6 Å². The molecule has 0 saturated carbocycles. The van der Waals surface area contributed by atoms with Crippen molar-refractivity contribution in [1.82, 2.24) is 0 Å². The molecule has 0 spiro atoms. The van der Waals surface area contributed by atoms with Gasteiger partial charge in [0.1, 0.15) is 0 Å². The lowest BCUT2D eigenvalue weighted by Crippen LogP contribution is -2.26. The quantitative estimate of drug-likeness (QED) is 0.757. The Bertz CT molecular complexity index is 538. The Labute approximate surface area is 113 Å². The van der Waals surface area contributed by atoms with Crippen LogP contribution in [0, 0.1) is 5.41 Å². The van der Waals surface area contributed by atoms with Gasteiger partial charge in [0.2, 0.25) is 0 Å². The Hall–Kier alpha value is -1.05. The van der Waals surface area contributed by atoms with Crippen LogP contribution in [0.3, 0.4) is 0 Å². The van der Waals surface area contributed by atoms with Crippen LogP contribution in [0.5, 0.6) is 0 Å². The van der Waals surface area contributed by atoms with Crippen molar-refractivity contribution in [3.05, 3.63) is 48.0 Å². The van der Waals surface area contributed by atoms with Gasteiger partial charge in [0, 0.05) is 17.9 Å². The summed E-state index contributed by atoms with van der Waals surface area (Å²) >= 11 is 6.19. The van der Waals surface area contributed by atoms with Crippen molar-refractivity contribution in [2.75, 3.05) is 19.1 Å². The van der Waals surface area contributed by atoms with Gasteiger partial charge in [-0.05, 0) is 29.2 Å². The molecule has 2 heteroatoms. The van der Waals surface area contributed by atoms with Gasteiger partial charge in [-0.1, -0.05) is 42.5 Å². The maximum Gasteiger partial charge on any atom is 0.0537 e. The van der Waals surface area contributed by atoms with E-state index in [4.69, 9.17) is 16.3 Å². The van der Waals surface area contributed by atoms with Crippen LogP contribution in [0.25, 0.3) is 10.8 Å². The molecule has 1 saturated heterocycles. The monoisotopic (exact) mass is 260 g/mol. The summed E-state index contributed by atoms with van der Waals surface area (Å²) in [4.78, 5) is 0. The second-order valence-corrected chi connectivity index (χ2v) is 5.52. The van der Waals surface area contributed by atoms with Gasteiger partial charge in [-0.2, -0.15) is 0 Å². The van der Waals surface area contributed by atoms with Gasteiger partial charge in [0.15, 0.2) is 0 Å². The van der Waals surface area contributed by atoms with Crippen molar-refractivity contribution in [3.63, 3.8) is 0 Å². The summed E-state index contributed by atoms with van der Waals surface area (Å²) in [6.07, 6.45) is 2.08. The van der Waals surface area contributed by atoms with E-state index in [1.165, 1.54) is 16.3 Å². The van der Waals surface area contributed by atoms with Gasteiger partial charge in [-0.25, -0.2) is 0 Å². The third-order valence-corrected chi connectivity index (χ3v) is 4.48. The molecule has 0 amide bonds. The Morgan fingerprint density at radius 3 is 2.72 bits per heavy atom. The maximum absolute atomic E-state index is 6.19. The standard InChI is InChI=1S/C16H17ClO/c17-11-16(8-9-18-12-16)10-14-6-3-5-13-4-1-2-7-15(13)14/h1-7H,8-12H2. The van der Waals surface area contributed by atoms with Gasteiger partial charge < -0.3 is 4.74 Å². The molecular weight excluding hydrogens is 244 g/mol. The summed E-state index contributed by atoms with van der Waals surface area (Å²) in [5.74, 6) is 0.677. The molecule has 1 fully saturated rings. The molecule has 94 valence electrons. The Balaban J connectivity index is 1.99. The molecule has 2 aromatic carbocycles. The molecular formula is C16H17ClO. The zero-order valence-electron chi connectivity index (χ0n) is 10.4. The molecule has 1 heterocycles. The molecule has 1 aliphatic rings. The highest BCUT2D eigenvalue weighted by Gasteiger charge is 2.34. The summed E-state index contributed by atoms with van der Waals surface area (Å²) in [6, 6.07) is 15.1. The SMILES string of the molecule is ClCC1(Cc2cccc3ccccc23)CCOC1. The van der Waals surface area contributed by atoms with E-state index in [1.807, 2.05) is 0 Å². The summed E-state index contributed by atoms with van der Waals surface area (Å²) in [5, 5.41) is 2.65. The van der Waals surface area contributed by atoms with Crippen LogP contribution in [-0.4, -0.2) is 19.1 Å². The number of hydrogen-bond donors (Lipinski definition) is 0. The van der Waals surface area contributed by atoms with Gasteiger partial charge >= 0.3 is 0 Å². The molecule has 0 bridgehead atoms. The topological polar surface area (TPSA) is 9.23 Å². The van der Waals surface area contributed by atoms with E-state index in [2.05, 4.69) is 42.5 Å². The van der Waals surface area contributed by atoms with Crippen molar-refractivity contribution in [3.8, 4) is 0 Å². The fraction of sp³-hybridized carbons (Fsp3) is 0.375. The first-order valence-electron chi connectivity index (χ1n) is 6.43. The Morgan fingerprint density at radius 2 is 1.94 bits per heavy atom. The molecule has 1 nitrogen and oxygen atoms in total. The fourth-order valence-electron chi connectivity index (χ4n) is 2.79. The van der Waals surface area contributed by atoms with E-state index in [1.54, 1.807) is 0 Å². The highest BCUT2D eigenvalue weighted by molar-refractivity contribution is 6.18. The number of benzene rings is 2. The lowest BCUT2D eigenvalue weighted by Gasteiger charge is -2.25. The van der Waals surface area contributed by atoms with E-state index in [9.17, 15) is 0 Å². The van der Waals surface area contributed by atoms with E-state index in [-0.39, 0.29) is 5.41 Å². The maximum atomic E-state index is 6.19. The predicted octanol–water partition coefficient (Wildman–Crippen LogP) is 4.03. The van der Waals surface area contributed by atoms with Gasteiger partial charge in [-0.3, -0.25) is 0 Å².